The number of para-hydroxylation sites is 3. The Bertz CT molecular complexity index is 1610. The molecular weight excluding hydrogens is 406 g/mol. The van der Waals surface area contributed by atoms with Crippen LogP contribution >= 0.6 is 0 Å². The number of hydrogen-bond acceptors (Lipinski definition) is 4. The average Bonchev–Trinajstić information content (AvgIpc) is 3.40. The van der Waals surface area contributed by atoms with Crippen LogP contribution in [-0.4, -0.2) is 5.01 Å². The van der Waals surface area contributed by atoms with Crippen LogP contribution in [0.5, 0.6) is 0 Å². The molecule has 2 aliphatic heterocycles. The highest BCUT2D eigenvalue weighted by Crippen LogP contribution is 2.51. The van der Waals surface area contributed by atoms with E-state index < -0.39 is 0 Å². The quantitative estimate of drug-likeness (QED) is 0.300. The number of hydrogen-bond donors (Lipinski definition) is 1. The highest BCUT2D eigenvalue weighted by Gasteiger charge is 2.36. The minimum Gasteiger partial charge on any atom is -0.456 e. The van der Waals surface area contributed by atoms with Gasteiger partial charge in [0.2, 0.25) is 0 Å². The standard InChI is InChI=1S/C29H21N3O/c30-23-13-7-12-20(19-11-8-17-27-28(19)22-10-2-4-16-26(22)33-27)29(23)32-25-15-3-1-9-21(25)24-14-5-6-18-31(24)32/h1-18,24H,30H2. The first-order valence-corrected chi connectivity index (χ1v) is 11.1. The molecule has 1 atom stereocenters. The Hall–Kier alpha value is -4.44. The molecule has 0 fully saturated rings. The molecule has 4 aromatic carbocycles. The van der Waals surface area contributed by atoms with Crippen molar-refractivity contribution >= 4 is 39.0 Å². The van der Waals surface area contributed by atoms with Gasteiger partial charge in [-0.25, -0.2) is 0 Å². The first kappa shape index (κ1) is 18.2. The first-order valence-electron chi connectivity index (χ1n) is 11.1. The second-order valence-electron chi connectivity index (χ2n) is 8.44. The zero-order chi connectivity index (χ0) is 21.9. The molecule has 0 saturated heterocycles. The number of furan rings is 1. The summed E-state index contributed by atoms with van der Waals surface area (Å²) in [6.45, 7) is 0. The molecule has 0 spiro atoms. The van der Waals surface area contributed by atoms with Crippen LogP contribution in [0.1, 0.15) is 11.6 Å². The van der Waals surface area contributed by atoms with Crippen molar-refractivity contribution in [3.8, 4) is 11.1 Å². The van der Waals surface area contributed by atoms with E-state index in [0.29, 0.717) is 0 Å². The van der Waals surface area contributed by atoms with Gasteiger partial charge >= 0.3 is 0 Å². The summed E-state index contributed by atoms with van der Waals surface area (Å²) in [7, 11) is 0. The number of nitrogens with two attached hydrogens (primary N) is 1. The molecule has 1 unspecified atom stereocenters. The fourth-order valence-electron chi connectivity index (χ4n) is 5.23. The summed E-state index contributed by atoms with van der Waals surface area (Å²) < 4.78 is 6.18. The van der Waals surface area contributed by atoms with Crippen molar-refractivity contribution in [2.24, 2.45) is 0 Å². The Balaban J connectivity index is 1.53. The molecular formula is C29H21N3O. The number of fused-ring (bicyclic) bond motifs is 6. The fraction of sp³-hybridized carbons (Fsp3) is 0.0345. The van der Waals surface area contributed by atoms with E-state index in [1.807, 2.05) is 30.3 Å². The van der Waals surface area contributed by atoms with Crippen LogP contribution in [0.15, 0.2) is 114 Å². The molecule has 2 N–H and O–H groups in total. The minimum absolute atomic E-state index is 0.143. The summed E-state index contributed by atoms with van der Waals surface area (Å²) in [4.78, 5) is 0. The lowest BCUT2D eigenvalue weighted by Crippen LogP contribution is -2.33. The highest BCUT2D eigenvalue weighted by molar-refractivity contribution is 6.14. The summed E-state index contributed by atoms with van der Waals surface area (Å²) in [5.41, 5.74) is 14.8. The molecule has 158 valence electrons. The molecule has 0 saturated carbocycles. The van der Waals surface area contributed by atoms with Gasteiger partial charge < -0.3 is 10.2 Å². The molecule has 1 aromatic heterocycles. The van der Waals surface area contributed by atoms with E-state index in [-0.39, 0.29) is 6.04 Å². The molecule has 4 nitrogen and oxygen atoms in total. The van der Waals surface area contributed by atoms with E-state index in [1.54, 1.807) is 0 Å². The summed E-state index contributed by atoms with van der Waals surface area (Å²) in [6.07, 6.45) is 8.52. The maximum Gasteiger partial charge on any atom is 0.136 e. The number of nitrogen functional groups attached to an aromatic ring is 1. The second-order valence-corrected chi connectivity index (χ2v) is 8.44. The Morgan fingerprint density at radius 2 is 1.52 bits per heavy atom. The molecule has 7 rings (SSSR count). The third-order valence-electron chi connectivity index (χ3n) is 6.61. The van der Waals surface area contributed by atoms with Crippen molar-refractivity contribution in [1.82, 2.24) is 5.01 Å². The van der Waals surface area contributed by atoms with Crippen LogP contribution < -0.4 is 10.7 Å². The van der Waals surface area contributed by atoms with Crippen LogP contribution in [0, 0.1) is 0 Å². The second kappa shape index (κ2) is 6.78. The lowest BCUT2D eigenvalue weighted by atomic mass is 9.97. The van der Waals surface area contributed by atoms with Gasteiger partial charge in [-0.15, -0.1) is 0 Å². The predicted octanol–water partition coefficient (Wildman–Crippen LogP) is 7.33. The third-order valence-corrected chi connectivity index (χ3v) is 6.61. The van der Waals surface area contributed by atoms with Crippen molar-refractivity contribution in [1.29, 1.82) is 0 Å². The Morgan fingerprint density at radius 1 is 0.727 bits per heavy atom. The molecule has 0 amide bonds. The van der Waals surface area contributed by atoms with Crippen LogP contribution in [0.25, 0.3) is 33.1 Å². The van der Waals surface area contributed by atoms with E-state index in [4.69, 9.17) is 10.2 Å². The van der Waals surface area contributed by atoms with Gasteiger partial charge in [0.1, 0.15) is 11.2 Å². The first-order chi connectivity index (χ1) is 16.3. The molecule has 3 heterocycles. The van der Waals surface area contributed by atoms with E-state index in [0.717, 1.165) is 50.1 Å². The SMILES string of the molecule is Nc1cccc(-c2cccc3oc4ccccc4c23)c1N1c2ccccc2C2C=CC=CN21. The van der Waals surface area contributed by atoms with Gasteiger partial charge in [0, 0.05) is 28.1 Å². The average molecular weight is 428 g/mol. The van der Waals surface area contributed by atoms with Crippen molar-refractivity contribution in [2.75, 3.05) is 10.7 Å². The largest absolute Gasteiger partial charge is 0.456 e. The number of allylic oxidation sites excluding steroid dienone is 2. The number of nitrogens with zero attached hydrogens (tertiary/aromatic N) is 2. The molecule has 0 radical (unpaired) electrons. The van der Waals surface area contributed by atoms with Gasteiger partial charge in [0.05, 0.1) is 23.1 Å². The smallest absolute Gasteiger partial charge is 0.136 e. The van der Waals surface area contributed by atoms with E-state index in [1.165, 1.54) is 5.56 Å². The molecule has 0 bridgehead atoms. The lowest BCUT2D eigenvalue weighted by Gasteiger charge is -2.35. The van der Waals surface area contributed by atoms with Crippen LogP contribution in [0.4, 0.5) is 17.1 Å². The maximum absolute atomic E-state index is 6.72. The summed E-state index contributed by atoms with van der Waals surface area (Å²) in [5, 5.41) is 6.73. The lowest BCUT2D eigenvalue weighted by molar-refractivity contribution is 0.357. The van der Waals surface area contributed by atoms with Gasteiger partial charge in [-0.05, 0) is 35.9 Å². The van der Waals surface area contributed by atoms with Crippen molar-refractivity contribution < 1.29 is 4.42 Å². The Morgan fingerprint density at radius 3 is 2.48 bits per heavy atom. The minimum atomic E-state index is 0.143. The zero-order valence-electron chi connectivity index (χ0n) is 17.8. The zero-order valence-corrected chi connectivity index (χ0v) is 17.8. The van der Waals surface area contributed by atoms with Gasteiger partial charge in [-0.1, -0.05) is 72.8 Å². The Labute approximate surface area is 191 Å². The normalized spacial score (nSPS) is 16.5. The summed E-state index contributed by atoms with van der Waals surface area (Å²) >= 11 is 0. The maximum atomic E-state index is 6.72. The third kappa shape index (κ3) is 2.52. The van der Waals surface area contributed by atoms with Crippen LogP contribution in [-0.2, 0) is 0 Å². The van der Waals surface area contributed by atoms with Crippen LogP contribution in [0.2, 0.25) is 0 Å². The molecule has 5 aromatic rings. The van der Waals surface area contributed by atoms with E-state index in [9.17, 15) is 0 Å². The fourth-order valence-corrected chi connectivity index (χ4v) is 5.23. The van der Waals surface area contributed by atoms with Gasteiger partial charge in [0.15, 0.2) is 0 Å². The number of rotatable bonds is 2. The summed E-state index contributed by atoms with van der Waals surface area (Å²) in [6, 6.07) is 29.3. The Kier molecular flexibility index (Phi) is 3.73. The van der Waals surface area contributed by atoms with Crippen molar-refractivity contribution in [3.63, 3.8) is 0 Å². The van der Waals surface area contributed by atoms with Gasteiger partial charge in [-0.2, -0.15) is 0 Å². The van der Waals surface area contributed by atoms with Crippen molar-refractivity contribution in [2.45, 2.75) is 6.04 Å². The van der Waals surface area contributed by atoms with Gasteiger partial charge in [0.25, 0.3) is 0 Å². The monoisotopic (exact) mass is 427 g/mol. The summed E-state index contributed by atoms with van der Waals surface area (Å²) in [5.74, 6) is 0. The van der Waals surface area contributed by atoms with Crippen LogP contribution in [0.3, 0.4) is 0 Å². The van der Waals surface area contributed by atoms with Gasteiger partial charge in [-0.3, -0.25) is 10.0 Å². The molecule has 33 heavy (non-hydrogen) atoms. The molecule has 2 aliphatic rings. The van der Waals surface area contributed by atoms with E-state index >= 15 is 0 Å². The predicted molar refractivity (Wildman–Crippen MR) is 135 cm³/mol. The highest BCUT2D eigenvalue weighted by atomic mass is 16.3. The van der Waals surface area contributed by atoms with Crippen molar-refractivity contribution in [3.05, 3.63) is 115 Å². The molecule has 0 aliphatic carbocycles. The molecule has 4 heteroatoms. The van der Waals surface area contributed by atoms with E-state index in [2.05, 4.69) is 89.0 Å². The number of anilines is 3. The topological polar surface area (TPSA) is 45.6 Å². The number of benzene rings is 4. The number of hydrazine groups is 1.